The van der Waals surface area contributed by atoms with Gasteiger partial charge in [-0.3, -0.25) is 4.79 Å². The fraction of sp³-hybridized carbons (Fsp3) is 0.357. The van der Waals surface area contributed by atoms with Crippen molar-refractivity contribution < 1.29 is 34.4 Å². The Balaban J connectivity index is 0.00000118. The molecule has 0 aromatic heterocycles. The molecule has 10 heteroatoms. The van der Waals surface area contributed by atoms with E-state index >= 15 is 0 Å². The van der Waals surface area contributed by atoms with Gasteiger partial charge in [0.15, 0.2) is 11.5 Å². The molecule has 0 fully saturated rings. The number of rotatable bonds is 7. The highest BCUT2D eigenvalue weighted by Crippen LogP contribution is 2.38. The van der Waals surface area contributed by atoms with E-state index in [0.717, 1.165) is 5.56 Å². The molecule has 0 radical (unpaired) electrons. The number of hydrogen-bond acceptors (Lipinski definition) is 7. The van der Waals surface area contributed by atoms with Gasteiger partial charge < -0.3 is 29.8 Å². The molecule has 0 aliphatic rings. The Labute approximate surface area is 138 Å². The molecule has 0 saturated carbocycles. The van der Waals surface area contributed by atoms with Gasteiger partial charge in [-0.05, 0) is 23.8 Å². The molecule has 1 aromatic carbocycles. The molecule has 1 rings (SSSR count). The van der Waals surface area contributed by atoms with E-state index in [1.807, 2.05) is 0 Å². The van der Waals surface area contributed by atoms with Crippen LogP contribution >= 0.6 is 0 Å². The Morgan fingerprint density at radius 2 is 1.75 bits per heavy atom. The third kappa shape index (κ3) is 7.84. The highest BCUT2D eigenvalue weighted by Gasteiger charge is 2.12. The van der Waals surface area contributed by atoms with Crippen LogP contribution in [-0.2, 0) is 4.79 Å². The SMILES string of the molecule is COc1cc(/C=C/C(=O)NCCO)cc(OC)c1OC.O=[N+]([O-])O. The summed E-state index contributed by atoms with van der Waals surface area (Å²) < 4.78 is 15.6. The standard InChI is InChI=1S/C14H19NO5.HNO3/c1-18-11-8-10(4-5-13(17)15-6-7-16)9-12(19-2)14(11)20-3;2-1(3)4/h4-5,8-9,16H,6-7H2,1-3H3,(H,15,17);(H,2,3,4)/b5-4+;. The fourth-order valence-corrected chi connectivity index (χ4v) is 1.61. The molecule has 1 amide bonds. The molecule has 0 heterocycles. The molecule has 0 atom stereocenters. The van der Waals surface area contributed by atoms with Gasteiger partial charge in [0.05, 0.1) is 27.9 Å². The van der Waals surface area contributed by atoms with E-state index in [-0.39, 0.29) is 19.1 Å². The highest BCUT2D eigenvalue weighted by atomic mass is 16.9. The number of aliphatic hydroxyl groups excluding tert-OH is 1. The van der Waals surface area contributed by atoms with E-state index in [2.05, 4.69) is 5.32 Å². The molecule has 10 nitrogen and oxygen atoms in total. The Hall–Kier alpha value is -3.01. The Kier molecular flexibility index (Phi) is 10.1. The first kappa shape index (κ1) is 21.0. The summed E-state index contributed by atoms with van der Waals surface area (Å²) in [4.78, 5) is 19.8. The number of carbonyl (C=O) groups is 1. The maximum absolute atomic E-state index is 11.4. The van der Waals surface area contributed by atoms with Gasteiger partial charge in [-0.2, -0.15) is 0 Å². The van der Waals surface area contributed by atoms with Gasteiger partial charge in [-0.15, -0.1) is 10.1 Å². The van der Waals surface area contributed by atoms with Gasteiger partial charge >= 0.3 is 0 Å². The van der Waals surface area contributed by atoms with E-state index in [0.29, 0.717) is 17.2 Å². The van der Waals surface area contributed by atoms with Gasteiger partial charge in [0.25, 0.3) is 5.09 Å². The van der Waals surface area contributed by atoms with Crippen molar-refractivity contribution in [2.45, 2.75) is 0 Å². The second-order valence-corrected chi connectivity index (χ2v) is 4.04. The number of nitrogens with zero attached hydrogens (tertiary/aromatic N) is 1. The monoisotopic (exact) mass is 344 g/mol. The number of ether oxygens (including phenoxy) is 3. The molecular formula is C14H20N2O8. The quantitative estimate of drug-likeness (QED) is 0.369. The Morgan fingerprint density at radius 3 is 2.12 bits per heavy atom. The minimum absolute atomic E-state index is 0.0935. The summed E-state index contributed by atoms with van der Waals surface area (Å²) in [6.07, 6.45) is 2.99. The van der Waals surface area contributed by atoms with Gasteiger partial charge in [-0.1, -0.05) is 0 Å². The van der Waals surface area contributed by atoms with E-state index in [4.69, 9.17) is 34.6 Å². The molecule has 0 bridgehead atoms. The number of methoxy groups -OCH3 is 3. The summed E-state index contributed by atoms with van der Waals surface area (Å²) in [7, 11) is 4.58. The highest BCUT2D eigenvalue weighted by molar-refractivity contribution is 5.91. The van der Waals surface area contributed by atoms with Crippen LogP contribution in [-0.4, -0.2) is 55.8 Å². The molecule has 3 N–H and O–H groups in total. The lowest BCUT2D eigenvalue weighted by atomic mass is 10.1. The average Bonchev–Trinajstić information content (AvgIpc) is 2.56. The fourth-order valence-electron chi connectivity index (χ4n) is 1.61. The van der Waals surface area contributed by atoms with E-state index < -0.39 is 5.09 Å². The van der Waals surface area contributed by atoms with Crippen LogP contribution in [0.5, 0.6) is 17.2 Å². The number of carbonyl (C=O) groups excluding carboxylic acids is 1. The van der Waals surface area contributed by atoms with Gasteiger partial charge in [-0.25, -0.2) is 0 Å². The van der Waals surface area contributed by atoms with Crippen molar-refractivity contribution in [1.29, 1.82) is 0 Å². The maximum Gasteiger partial charge on any atom is 0.291 e. The van der Waals surface area contributed by atoms with Crippen LogP contribution in [0.2, 0.25) is 0 Å². The molecule has 0 aliphatic carbocycles. The van der Waals surface area contributed by atoms with Crippen LogP contribution < -0.4 is 19.5 Å². The molecule has 0 saturated heterocycles. The van der Waals surface area contributed by atoms with E-state index in [1.165, 1.54) is 27.4 Å². The smallest absolute Gasteiger partial charge is 0.291 e. The molecular weight excluding hydrogens is 324 g/mol. The normalized spacial score (nSPS) is 9.67. The third-order valence-electron chi connectivity index (χ3n) is 2.53. The van der Waals surface area contributed by atoms with Gasteiger partial charge in [0.1, 0.15) is 0 Å². The molecule has 0 aliphatic heterocycles. The minimum atomic E-state index is -1.50. The number of benzene rings is 1. The maximum atomic E-state index is 11.4. The molecule has 24 heavy (non-hydrogen) atoms. The summed E-state index contributed by atoms with van der Waals surface area (Å²) in [6.45, 7) is 0.127. The van der Waals surface area contributed by atoms with Crippen LogP contribution in [0.4, 0.5) is 0 Å². The zero-order valence-corrected chi connectivity index (χ0v) is 13.5. The zero-order chi connectivity index (χ0) is 18.5. The second-order valence-electron chi connectivity index (χ2n) is 4.04. The summed E-state index contributed by atoms with van der Waals surface area (Å²) in [5.74, 6) is 1.24. The van der Waals surface area contributed by atoms with Crippen molar-refractivity contribution in [2.75, 3.05) is 34.5 Å². The number of hydrogen-bond donors (Lipinski definition) is 3. The summed E-state index contributed by atoms with van der Waals surface area (Å²) in [5, 5.41) is 24.8. The van der Waals surface area contributed by atoms with Gasteiger partial charge in [0, 0.05) is 12.6 Å². The Morgan fingerprint density at radius 1 is 1.25 bits per heavy atom. The first-order chi connectivity index (χ1) is 11.4. The van der Waals surface area contributed by atoms with Crippen molar-refractivity contribution in [3.05, 3.63) is 33.9 Å². The number of aliphatic hydroxyl groups is 1. The lowest BCUT2D eigenvalue weighted by Crippen LogP contribution is -2.24. The predicted molar refractivity (Wildman–Crippen MR) is 84.0 cm³/mol. The lowest BCUT2D eigenvalue weighted by molar-refractivity contribution is -0.742. The number of amides is 1. The summed E-state index contributed by atoms with van der Waals surface area (Å²) in [6, 6.07) is 3.47. The van der Waals surface area contributed by atoms with Crippen LogP contribution in [0, 0.1) is 10.1 Å². The predicted octanol–water partition coefficient (Wildman–Crippen LogP) is 0.486. The van der Waals surface area contributed by atoms with E-state index in [9.17, 15) is 4.79 Å². The zero-order valence-electron chi connectivity index (χ0n) is 13.5. The van der Waals surface area contributed by atoms with Gasteiger partial charge in [0.2, 0.25) is 11.7 Å². The van der Waals surface area contributed by atoms with Crippen LogP contribution in [0.3, 0.4) is 0 Å². The Bertz CT molecular complexity index is 545. The lowest BCUT2D eigenvalue weighted by Gasteiger charge is -2.12. The van der Waals surface area contributed by atoms with Crippen molar-refractivity contribution in [2.24, 2.45) is 0 Å². The van der Waals surface area contributed by atoms with Crippen molar-refractivity contribution in [3.8, 4) is 17.2 Å². The topological polar surface area (TPSA) is 140 Å². The van der Waals surface area contributed by atoms with Crippen molar-refractivity contribution in [1.82, 2.24) is 5.32 Å². The van der Waals surface area contributed by atoms with Crippen LogP contribution in [0.15, 0.2) is 18.2 Å². The largest absolute Gasteiger partial charge is 0.493 e. The minimum Gasteiger partial charge on any atom is -0.493 e. The average molecular weight is 344 g/mol. The van der Waals surface area contributed by atoms with Crippen molar-refractivity contribution in [3.63, 3.8) is 0 Å². The van der Waals surface area contributed by atoms with E-state index in [1.54, 1.807) is 18.2 Å². The molecule has 0 spiro atoms. The molecule has 1 aromatic rings. The van der Waals surface area contributed by atoms with Crippen LogP contribution in [0.1, 0.15) is 5.56 Å². The first-order valence-electron chi connectivity index (χ1n) is 6.59. The number of nitrogens with one attached hydrogen (secondary N) is 1. The third-order valence-corrected chi connectivity index (χ3v) is 2.53. The molecule has 0 unspecified atom stereocenters. The second kappa shape index (κ2) is 11.5. The van der Waals surface area contributed by atoms with Crippen LogP contribution in [0.25, 0.3) is 6.08 Å². The first-order valence-corrected chi connectivity index (χ1v) is 6.59. The summed E-state index contributed by atoms with van der Waals surface area (Å²) >= 11 is 0. The summed E-state index contributed by atoms with van der Waals surface area (Å²) in [5.41, 5.74) is 0.735. The molecule has 134 valence electrons. The van der Waals surface area contributed by atoms with Crippen molar-refractivity contribution >= 4 is 12.0 Å².